The van der Waals surface area contributed by atoms with E-state index in [1.807, 2.05) is 30.3 Å². The number of hydrogen-bond donors (Lipinski definition) is 1. The van der Waals surface area contributed by atoms with Gasteiger partial charge in [0, 0.05) is 17.6 Å². The molecule has 0 aliphatic rings. The summed E-state index contributed by atoms with van der Waals surface area (Å²) < 4.78 is 0. The summed E-state index contributed by atoms with van der Waals surface area (Å²) in [6, 6.07) is 15.0. The van der Waals surface area contributed by atoms with Gasteiger partial charge in [-0.3, -0.25) is 4.90 Å². The molecule has 0 heterocycles. The number of fused-ring (bicyclic) bond motifs is 1. The molecule has 0 amide bonds. The van der Waals surface area contributed by atoms with Crippen LogP contribution in [-0.4, -0.2) is 28.6 Å². The van der Waals surface area contributed by atoms with E-state index in [-0.39, 0.29) is 0 Å². The first-order chi connectivity index (χ1) is 10.5. The Balaban J connectivity index is 2.18. The molecule has 2 aromatic carbocycles. The lowest BCUT2D eigenvalue weighted by molar-refractivity contribution is 0.199. The van der Waals surface area contributed by atoms with Gasteiger partial charge in [0.2, 0.25) is 0 Å². The van der Waals surface area contributed by atoms with Gasteiger partial charge >= 0.3 is 0 Å². The monoisotopic (exact) mass is 295 g/mol. The summed E-state index contributed by atoms with van der Waals surface area (Å²) in [7, 11) is 0. The van der Waals surface area contributed by atoms with Crippen LogP contribution in [0.4, 0.5) is 0 Å². The second-order valence-electron chi connectivity index (χ2n) is 6.15. The van der Waals surface area contributed by atoms with E-state index in [0.717, 1.165) is 16.3 Å². The van der Waals surface area contributed by atoms with E-state index in [0.29, 0.717) is 18.6 Å². The van der Waals surface area contributed by atoms with Crippen LogP contribution in [0, 0.1) is 11.8 Å². The fourth-order valence-electron chi connectivity index (χ4n) is 2.76. The molecule has 0 aromatic heterocycles. The van der Waals surface area contributed by atoms with E-state index >= 15 is 0 Å². The van der Waals surface area contributed by atoms with Crippen LogP contribution in [0.2, 0.25) is 0 Å². The Morgan fingerprint density at radius 2 is 1.59 bits per heavy atom. The van der Waals surface area contributed by atoms with Crippen molar-refractivity contribution >= 4 is 10.8 Å². The molecule has 0 spiro atoms. The zero-order chi connectivity index (χ0) is 16.1. The molecule has 1 N–H and O–H groups in total. The van der Waals surface area contributed by atoms with E-state index in [1.165, 1.54) is 0 Å². The molecule has 1 atom stereocenters. The third-order valence-corrected chi connectivity index (χ3v) is 3.94. The zero-order valence-corrected chi connectivity index (χ0v) is 13.9. The van der Waals surface area contributed by atoms with Crippen molar-refractivity contribution in [3.63, 3.8) is 0 Å². The Labute approximate surface area is 133 Å². The van der Waals surface area contributed by atoms with Crippen molar-refractivity contribution in [2.45, 2.75) is 45.9 Å². The Hall–Kier alpha value is -1.82. The van der Waals surface area contributed by atoms with Crippen molar-refractivity contribution < 1.29 is 5.11 Å². The molecular formula is C20H25NO. The predicted molar refractivity (Wildman–Crippen MR) is 93.7 cm³/mol. The highest BCUT2D eigenvalue weighted by Crippen LogP contribution is 2.23. The van der Waals surface area contributed by atoms with Crippen molar-refractivity contribution in [1.29, 1.82) is 0 Å². The highest BCUT2D eigenvalue weighted by atomic mass is 16.3. The lowest BCUT2D eigenvalue weighted by Gasteiger charge is -2.28. The summed E-state index contributed by atoms with van der Waals surface area (Å²) in [5.41, 5.74) is 0.881. The highest BCUT2D eigenvalue weighted by molar-refractivity contribution is 5.86. The molecule has 2 aromatic rings. The average Bonchev–Trinajstić information content (AvgIpc) is 2.50. The third-order valence-electron chi connectivity index (χ3n) is 3.94. The minimum absolute atomic E-state index is 0.448. The maximum Gasteiger partial charge on any atom is 0.140 e. The number of nitrogens with zero attached hydrogens (tertiary/aromatic N) is 1. The van der Waals surface area contributed by atoms with Gasteiger partial charge in [0.15, 0.2) is 0 Å². The Morgan fingerprint density at radius 1 is 0.955 bits per heavy atom. The first kappa shape index (κ1) is 16.5. The average molecular weight is 295 g/mol. The third kappa shape index (κ3) is 3.88. The van der Waals surface area contributed by atoms with Gasteiger partial charge in [0.05, 0.1) is 6.54 Å². The van der Waals surface area contributed by atoms with E-state index in [4.69, 9.17) is 0 Å². The van der Waals surface area contributed by atoms with Gasteiger partial charge in [0.25, 0.3) is 0 Å². The van der Waals surface area contributed by atoms with Gasteiger partial charge in [-0.25, -0.2) is 0 Å². The molecule has 0 bridgehead atoms. The molecule has 0 aliphatic carbocycles. The molecule has 2 rings (SSSR count). The van der Waals surface area contributed by atoms with Gasteiger partial charge in [-0.15, -0.1) is 0 Å². The van der Waals surface area contributed by atoms with Crippen LogP contribution in [0.15, 0.2) is 42.5 Å². The van der Waals surface area contributed by atoms with Gasteiger partial charge in [-0.2, -0.15) is 0 Å². The van der Waals surface area contributed by atoms with Gasteiger partial charge in [-0.05, 0) is 38.5 Å². The number of rotatable bonds is 4. The molecule has 2 nitrogen and oxygen atoms in total. The summed E-state index contributed by atoms with van der Waals surface area (Å²) in [5, 5.41) is 12.6. The number of aliphatic hydroxyl groups is 1. The fraction of sp³-hybridized carbons (Fsp3) is 0.400. The highest BCUT2D eigenvalue weighted by Gasteiger charge is 2.12. The number of benzene rings is 2. The minimum Gasteiger partial charge on any atom is -0.376 e. The molecule has 0 saturated carbocycles. The van der Waals surface area contributed by atoms with Crippen LogP contribution >= 0.6 is 0 Å². The summed E-state index contributed by atoms with van der Waals surface area (Å²) in [6.45, 7) is 9.36. The number of aliphatic hydroxyl groups excluding tert-OH is 1. The summed E-state index contributed by atoms with van der Waals surface area (Å²) in [5.74, 6) is 6.13. The van der Waals surface area contributed by atoms with E-state index < -0.39 is 6.10 Å². The lowest BCUT2D eigenvalue weighted by Crippen LogP contribution is -2.37. The van der Waals surface area contributed by atoms with Gasteiger partial charge in [-0.1, -0.05) is 54.3 Å². The first-order valence-corrected chi connectivity index (χ1v) is 7.90. The normalized spacial score (nSPS) is 12.7. The van der Waals surface area contributed by atoms with Crippen molar-refractivity contribution in [3.8, 4) is 11.8 Å². The molecule has 0 fully saturated rings. The number of hydrogen-bond acceptors (Lipinski definition) is 2. The smallest absolute Gasteiger partial charge is 0.140 e. The molecule has 0 aliphatic heterocycles. The Morgan fingerprint density at radius 3 is 2.27 bits per heavy atom. The Kier molecular flexibility index (Phi) is 5.60. The van der Waals surface area contributed by atoms with Gasteiger partial charge < -0.3 is 5.11 Å². The van der Waals surface area contributed by atoms with Crippen LogP contribution in [0.3, 0.4) is 0 Å². The second kappa shape index (κ2) is 7.45. The first-order valence-electron chi connectivity index (χ1n) is 7.90. The quantitative estimate of drug-likeness (QED) is 0.862. The maximum atomic E-state index is 10.4. The van der Waals surface area contributed by atoms with Crippen LogP contribution in [0.5, 0.6) is 0 Å². The van der Waals surface area contributed by atoms with Crippen LogP contribution in [0.25, 0.3) is 10.8 Å². The second-order valence-corrected chi connectivity index (χ2v) is 6.15. The zero-order valence-electron chi connectivity index (χ0n) is 13.9. The van der Waals surface area contributed by atoms with Crippen LogP contribution in [-0.2, 0) is 0 Å². The standard InChI is InChI=1S/C20H25NO/c1-15(2)21(16(3)4)14-8-13-20(22)19-12-7-10-17-9-5-6-11-18(17)19/h5-7,9-12,15-16,20,22H,14H2,1-4H3. The summed E-state index contributed by atoms with van der Waals surface area (Å²) in [6.07, 6.45) is -0.743. The lowest BCUT2D eigenvalue weighted by atomic mass is 10.0. The molecule has 1 unspecified atom stereocenters. The summed E-state index contributed by atoms with van der Waals surface area (Å²) >= 11 is 0. The predicted octanol–water partition coefficient (Wildman–Crippen LogP) is 4.00. The van der Waals surface area contributed by atoms with Crippen LogP contribution < -0.4 is 0 Å². The van der Waals surface area contributed by atoms with Gasteiger partial charge in [0.1, 0.15) is 6.10 Å². The largest absolute Gasteiger partial charge is 0.376 e. The topological polar surface area (TPSA) is 23.5 Å². The molecule has 0 saturated heterocycles. The van der Waals surface area contributed by atoms with Crippen molar-refractivity contribution in [1.82, 2.24) is 4.90 Å². The minimum atomic E-state index is -0.743. The van der Waals surface area contributed by atoms with E-state index in [2.05, 4.69) is 56.6 Å². The fourth-order valence-corrected chi connectivity index (χ4v) is 2.76. The molecular weight excluding hydrogens is 270 g/mol. The van der Waals surface area contributed by atoms with E-state index in [9.17, 15) is 5.11 Å². The molecule has 0 radical (unpaired) electrons. The molecule has 2 heteroatoms. The summed E-state index contributed by atoms with van der Waals surface area (Å²) in [4.78, 5) is 2.31. The molecule has 22 heavy (non-hydrogen) atoms. The van der Waals surface area contributed by atoms with Crippen molar-refractivity contribution in [2.75, 3.05) is 6.54 Å². The Bertz CT molecular complexity index is 665. The van der Waals surface area contributed by atoms with Crippen LogP contribution in [0.1, 0.15) is 39.4 Å². The SMILES string of the molecule is CC(C)N(CC#CC(O)c1cccc2ccccc12)C(C)C. The van der Waals surface area contributed by atoms with E-state index in [1.54, 1.807) is 0 Å². The van der Waals surface area contributed by atoms with Crippen molar-refractivity contribution in [2.24, 2.45) is 0 Å². The van der Waals surface area contributed by atoms with Crippen molar-refractivity contribution in [3.05, 3.63) is 48.0 Å². The maximum absolute atomic E-state index is 10.4. The molecule has 116 valence electrons.